The molecule has 1 aromatic carbocycles. The third-order valence-electron chi connectivity index (χ3n) is 2.93. The summed E-state index contributed by atoms with van der Waals surface area (Å²) in [7, 11) is 0. The molecule has 2 atom stereocenters. The van der Waals surface area contributed by atoms with Gasteiger partial charge >= 0.3 is 0 Å². The average Bonchev–Trinajstić information content (AvgIpc) is 2.60. The highest BCUT2D eigenvalue weighted by molar-refractivity contribution is 6.35. The highest BCUT2D eigenvalue weighted by atomic mass is 35.5. The molecule has 1 aliphatic carbocycles. The summed E-state index contributed by atoms with van der Waals surface area (Å²) in [6, 6.07) is 5.51. The molecule has 2 unspecified atom stereocenters. The van der Waals surface area contributed by atoms with Crippen LogP contribution in [-0.4, -0.2) is 11.9 Å². The number of halogens is 3. The van der Waals surface area contributed by atoms with Crippen molar-refractivity contribution in [3.63, 3.8) is 0 Å². The van der Waals surface area contributed by atoms with E-state index in [1.54, 1.807) is 6.07 Å². The van der Waals surface area contributed by atoms with Gasteiger partial charge in [0.15, 0.2) is 0 Å². The van der Waals surface area contributed by atoms with Crippen molar-refractivity contribution in [1.29, 1.82) is 0 Å². The summed E-state index contributed by atoms with van der Waals surface area (Å²) in [5.41, 5.74) is 0.982. The van der Waals surface area contributed by atoms with Crippen molar-refractivity contribution in [3.8, 4) is 0 Å². The van der Waals surface area contributed by atoms with E-state index in [9.17, 15) is 0 Å². The molecule has 2 rings (SSSR count). The lowest BCUT2D eigenvalue weighted by atomic mass is 10.1. The van der Waals surface area contributed by atoms with E-state index in [0.29, 0.717) is 21.3 Å². The average molecular weight is 279 g/mol. The van der Waals surface area contributed by atoms with Crippen molar-refractivity contribution in [2.45, 2.75) is 24.6 Å². The van der Waals surface area contributed by atoms with Gasteiger partial charge in [-0.2, -0.15) is 0 Å². The number of anilines is 1. The Balaban J connectivity index is 1.89. The highest BCUT2D eigenvalue weighted by Crippen LogP contribution is 2.30. The summed E-state index contributed by atoms with van der Waals surface area (Å²) in [6.07, 6.45) is 3.43. The van der Waals surface area contributed by atoms with Gasteiger partial charge in [-0.05, 0) is 43.4 Å². The first-order chi connectivity index (χ1) is 7.63. The van der Waals surface area contributed by atoms with E-state index in [4.69, 9.17) is 34.8 Å². The molecule has 88 valence electrons. The van der Waals surface area contributed by atoms with Crippen LogP contribution in [0.5, 0.6) is 0 Å². The van der Waals surface area contributed by atoms with Crippen LogP contribution in [0.2, 0.25) is 10.0 Å². The molecule has 0 bridgehead atoms. The molecule has 0 heterocycles. The molecule has 0 spiro atoms. The van der Waals surface area contributed by atoms with Crippen LogP contribution in [0.25, 0.3) is 0 Å². The molecule has 1 aromatic rings. The molecular formula is C12H14Cl3N. The van der Waals surface area contributed by atoms with E-state index in [0.717, 1.165) is 25.1 Å². The van der Waals surface area contributed by atoms with E-state index in [2.05, 4.69) is 5.32 Å². The Morgan fingerprint density at radius 2 is 1.81 bits per heavy atom. The summed E-state index contributed by atoms with van der Waals surface area (Å²) >= 11 is 17.9. The largest absolute Gasteiger partial charge is 0.385 e. The third-order valence-corrected chi connectivity index (χ3v) is 3.77. The van der Waals surface area contributed by atoms with Gasteiger partial charge < -0.3 is 5.32 Å². The second-order valence-electron chi connectivity index (χ2n) is 4.32. The van der Waals surface area contributed by atoms with Crippen molar-refractivity contribution >= 4 is 40.5 Å². The molecule has 1 nitrogen and oxygen atoms in total. The predicted molar refractivity (Wildman–Crippen MR) is 71.9 cm³/mol. The number of alkyl halides is 1. The van der Waals surface area contributed by atoms with Crippen LogP contribution < -0.4 is 5.32 Å². The number of rotatable bonds is 3. The molecule has 0 saturated heterocycles. The lowest BCUT2D eigenvalue weighted by Crippen LogP contribution is -2.11. The number of nitrogens with one attached hydrogen (secondary N) is 1. The quantitative estimate of drug-likeness (QED) is 0.782. The van der Waals surface area contributed by atoms with Crippen LogP contribution in [0.3, 0.4) is 0 Å². The lowest BCUT2D eigenvalue weighted by Gasteiger charge is -2.12. The van der Waals surface area contributed by atoms with Crippen LogP contribution >= 0.6 is 34.8 Å². The molecule has 0 radical (unpaired) electrons. The van der Waals surface area contributed by atoms with Gasteiger partial charge in [0.2, 0.25) is 0 Å². The molecule has 16 heavy (non-hydrogen) atoms. The first-order valence-corrected chi connectivity index (χ1v) is 6.67. The van der Waals surface area contributed by atoms with Crippen LogP contribution in [0.15, 0.2) is 18.2 Å². The monoisotopic (exact) mass is 277 g/mol. The van der Waals surface area contributed by atoms with Gasteiger partial charge in [0, 0.05) is 27.7 Å². The van der Waals surface area contributed by atoms with Gasteiger partial charge in [0.05, 0.1) is 0 Å². The second kappa shape index (κ2) is 5.48. The maximum absolute atomic E-state index is 6.07. The predicted octanol–water partition coefficient (Wildman–Crippen LogP) is 4.81. The Bertz CT molecular complexity index is 347. The van der Waals surface area contributed by atoms with Crippen molar-refractivity contribution in [2.24, 2.45) is 5.92 Å². The Labute approximate surface area is 111 Å². The maximum Gasteiger partial charge on any atom is 0.0441 e. The molecule has 0 aromatic heterocycles. The first kappa shape index (κ1) is 12.3. The van der Waals surface area contributed by atoms with Gasteiger partial charge in [-0.1, -0.05) is 23.2 Å². The first-order valence-electron chi connectivity index (χ1n) is 5.47. The minimum absolute atomic E-state index is 0.356. The van der Waals surface area contributed by atoms with E-state index in [1.165, 1.54) is 6.42 Å². The zero-order valence-electron chi connectivity index (χ0n) is 8.85. The van der Waals surface area contributed by atoms with E-state index in [1.807, 2.05) is 12.1 Å². The van der Waals surface area contributed by atoms with Gasteiger partial charge in [-0.15, -0.1) is 11.6 Å². The minimum Gasteiger partial charge on any atom is -0.385 e. The van der Waals surface area contributed by atoms with Crippen molar-refractivity contribution < 1.29 is 0 Å². The van der Waals surface area contributed by atoms with Crippen LogP contribution in [0.4, 0.5) is 5.69 Å². The zero-order valence-corrected chi connectivity index (χ0v) is 11.1. The van der Waals surface area contributed by atoms with Gasteiger partial charge in [-0.25, -0.2) is 0 Å². The molecule has 0 amide bonds. The summed E-state index contributed by atoms with van der Waals surface area (Å²) in [5.74, 6) is 0.667. The Morgan fingerprint density at radius 1 is 1.12 bits per heavy atom. The topological polar surface area (TPSA) is 12.0 Å². The van der Waals surface area contributed by atoms with Gasteiger partial charge in [-0.3, -0.25) is 0 Å². The second-order valence-corrected chi connectivity index (χ2v) is 5.81. The van der Waals surface area contributed by atoms with Crippen molar-refractivity contribution in [2.75, 3.05) is 11.9 Å². The zero-order chi connectivity index (χ0) is 11.5. The molecule has 1 saturated carbocycles. The third kappa shape index (κ3) is 3.44. The SMILES string of the molecule is Clc1cc(Cl)cc(NCC2CCC(Cl)C2)c1. The normalized spacial score (nSPS) is 24.7. The lowest BCUT2D eigenvalue weighted by molar-refractivity contribution is 0.580. The standard InChI is InChI=1S/C12H14Cl3N/c13-9-2-1-8(3-9)7-16-12-5-10(14)4-11(15)6-12/h4-6,8-9,16H,1-3,7H2. The molecule has 4 heteroatoms. The Morgan fingerprint density at radius 3 is 2.38 bits per heavy atom. The van der Waals surface area contributed by atoms with Gasteiger partial charge in [0.1, 0.15) is 0 Å². The molecule has 0 aliphatic heterocycles. The minimum atomic E-state index is 0.356. The van der Waals surface area contributed by atoms with E-state index >= 15 is 0 Å². The summed E-state index contributed by atoms with van der Waals surface area (Å²) in [5, 5.41) is 5.04. The number of hydrogen-bond acceptors (Lipinski definition) is 1. The number of hydrogen-bond donors (Lipinski definition) is 1. The van der Waals surface area contributed by atoms with Crippen LogP contribution in [0, 0.1) is 5.92 Å². The molecule has 1 N–H and O–H groups in total. The number of benzene rings is 1. The fourth-order valence-electron chi connectivity index (χ4n) is 2.12. The van der Waals surface area contributed by atoms with Gasteiger partial charge in [0.25, 0.3) is 0 Å². The summed E-state index contributed by atoms with van der Waals surface area (Å²) in [6.45, 7) is 0.944. The van der Waals surface area contributed by atoms with E-state index < -0.39 is 0 Å². The fraction of sp³-hybridized carbons (Fsp3) is 0.500. The van der Waals surface area contributed by atoms with E-state index in [-0.39, 0.29) is 0 Å². The summed E-state index contributed by atoms with van der Waals surface area (Å²) in [4.78, 5) is 0. The van der Waals surface area contributed by atoms with Crippen molar-refractivity contribution in [3.05, 3.63) is 28.2 Å². The highest BCUT2D eigenvalue weighted by Gasteiger charge is 2.22. The molecule has 1 aliphatic rings. The fourth-order valence-corrected chi connectivity index (χ4v) is 3.02. The Kier molecular flexibility index (Phi) is 4.23. The van der Waals surface area contributed by atoms with Crippen LogP contribution in [0.1, 0.15) is 19.3 Å². The molecule has 1 fully saturated rings. The van der Waals surface area contributed by atoms with Crippen LogP contribution in [-0.2, 0) is 0 Å². The molecular weight excluding hydrogens is 264 g/mol. The summed E-state index contributed by atoms with van der Waals surface area (Å²) < 4.78 is 0. The Hall–Kier alpha value is -0.110. The van der Waals surface area contributed by atoms with Crippen molar-refractivity contribution in [1.82, 2.24) is 0 Å². The smallest absolute Gasteiger partial charge is 0.0441 e. The maximum atomic E-state index is 6.07.